The average molecular weight is 1330 g/mol. The van der Waals surface area contributed by atoms with Gasteiger partial charge in [0.15, 0.2) is 14.1 Å². The van der Waals surface area contributed by atoms with E-state index in [1.807, 2.05) is 78.9 Å². The SMILES string of the molecule is C=C1O[C@@H](O[C@H]2O[C@@H]3COC(C)(C)O[C@H]3[C@H](O[Si](C)(C)C(C)(C)C)[C@H]2NC(C)=O)[C@H](NC(=O)OCc2ccccc2)[C@@H](OCOCc2ccccc2)[C@H]1O[Si](C)(C)OC([Se]c1ccccc1)[C@H]1O[C@@H](n2ccc(=O)n(C(=O)OC(C)(C)C)c2=O)[C@H](O)[C@@H]1O. The summed E-state index contributed by atoms with van der Waals surface area (Å²) in [5.41, 5.74) is -1.71. The van der Waals surface area contributed by atoms with Crippen LogP contribution in [0.4, 0.5) is 9.59 Å². The second-order valence-corrected chi connectivity index (χ2v) is 35.8. The Labute approximate surface area is 520 Å². The molecule has 5 heterocycles. The number of ether oxygens (including phenoxy) is 10. The first kappa shape index (κ1) is 68.5. The molecule has 24 nitrogen and oxygen atoms in total. The average Bonchev–Trinajstić information content (AvgIpc) is 3.04. The molecule has 0 spiro atoms. The van der Waals surface area contributed by atoms with Crippen LogP contribution in [-0.2, 0) is 78.7 Å². The number of fused-ring (bicyclic) bond motifs is 1. The third-order valence-corrected chi connectivity index (χ3v) is 24.1. The van der Waals surface area contributed by atoms with E-state index in [1.54, 1.807) is 59.8 Å². The summed E-state index contributed by atoms with van der Waals surface area (Å²) < 4.78 is 86.6. The molecule has 4 aliphatic heterocycles. The normalized spacial score (nSPS) is 27.8. The number of hydrogen-bond acceptors (Lipinski definition) is 20. The van der Waals surface area contributed by atoms with Gasteiger partial charge in [-0.05, 0) is 32.0 Å². The van der Waals surface area contributed by atoms with Crippen LogP contribution in [0, 0.1) is 0 Å². The molecule has 4 aromatic rings. The molecule has 1 unspecified atom stereocenters. The van der Waals surface area contributed by atoms with Crippen LogP contribution < -0.4 is 26.3 Å². The summed E-state index contributed by atoms with van der Waals surface area (Å²) in [6, 6.07) is 26.2. The van der Waals surface area contributed by atoms with Crippen LogP contribution in [0.2, 0.25) is 31.2 Å². The van der Waals surface area contributed by atoms with Crippen LogP contribution in [0.3, 0.4) is 0 Å². The van der Waals surface area contributed by atoms with Gasteiger partial charge in [-0.3, -0.25) is 4.79 Å². The summed E-state index contributed by atoms with van der Waals surface area (Å²) in [6.07, 6.45) is -15.5. The Morgan fingerprint density at radius 2 is 1.42 bits per heavy atom. The minimum atomic E-state index is -3.77. The molecular weight excluding hydrogens is 1240 g/mol. The zero-order valence-electron chi connectivity index (χ0n) is 52.0. The number of aliphatic hydroxyl groups is 2. The molecule has 1 aromatic heterocycles. The van der Waals surface area contributed by atoms with Gasteiger partial charge in [-0.15, -0.1) is 0 Å². The zero-order chi connectivity index (χ0) is 64.1. The fraction of sp³-hybridized carbons (Fsp3) is 0.557. The third-order valence-electron chi connectivity index (χ3n) is 15.2. The predicted octanol–water partition coefficient (Wildman–Crippen LogP) is 5.38. The van der Waals surface area contributed by atoms with Crippen molar-refractivity contribution in [3.8, 4) is 0 Å². The molecule has 3 aromatic carbocycles. The van der Waals surface area contributed by atoms with Crippen LogP contribution in [0.25, 0.3) is 0 Å². The molecule has 0 saturated carbocycles. The molecule has 4 N–H and O–H groups in total. The first-order chi connectivity index (χ1) is 41.3. The van der Waals surface area contributed by atoms with Crippen molar-refractivity contribution in [3.05, 3.63) is 148 Å². The van der Waals surface area contributed by atoms with Crippen molar-refractivity contribution in [1.29, 1.82) is 0 Å². The second-order valence-electron chi connectivity index (χ2n) is 25.3. The quantitative estimate of drug-likeness (QED) is 0.0463. The van der Waals surface area contributed by atoms with E-state index in [1.165, 1.54) is 6.92 Å². The van der Waals surface area contributed by atoms with Gasteiger partial charge in [-0.25, -0.2) is 0 Å². The standard InChI is InChI=1S/C61H84N4O20SeSi2/c1-36-47(84-88(13,14)85-55(86-40-28-22-17-23-29-40)51-45(68)46(69)52(79-51)64-31-30-42(67)65(57(64)71)58(72)82-59(3,4)5)49(75-35-73-32-38-24-18-15-19-25-38)43(63-56(70)74-33-39-26-20-16-21-27-39)53(77-36)80-54-44(62-37(2)66)50(83-87(11,12)60(6,7)8)48-41(78-54)34-76-61(9,10)81-48/h15-31,41,43-55,68-69H,1,32-35H2,2-14H3,(H,62,66)(H,63,70)/t41-,43-,44-,45+,46-,47+,48-,49-,50-,51+,52-,53+,54-,55?/m1/s1. The Bertz CT molecular complexity index is 3150. The van der Waals surface area contributed by atoms with Crippen molar-refractivity contribution in [2.75, 3.05) is 13.4 Å². The van der Waals surface area contributed by atoms with Gasteiger partial charge in [-0.2, -0.15) is 0 Å². The number of carbonyl (C=O) groups is 3. The summed E-state index contributed by atoms with van der Waals surface area (Å²) in [5.74, 6) is -1.53. The molecule has 8 rings (SSSR count). The van der Waals surface area contributed by atoms with Gasteiger partial charge >= 0.3 is 364 Å². The van der Waals surface area contributed by atoms with Crippen LogP contribution in [0.15, 0.2) is 125 Å². The third kappa shape index (κ3) is 17.3. The van der Waals surface area contributed by atoms with Gasteiger partial charge in [0.1, 0.15) is 6.10 Å². The molecule has 482 valence electrons. The molecule has 0 aliphatic carbocycles. The molecular formula is C61H84N4O20SeSi2. The molecule has 88 heavy (non-hydrogen) atoms. The van der Waals surface area contributed by atoms with Crippen molar-refractivity contribution >= 4 is 54.4 Å². The Kier molecular flexibility index (Phi) is 22.1. The summed E-state index contributed by atoms with van der Waals surface area (Å²) in [6.45, 7) is 27.6. The van der Waals surface area contributed by atoms with E-state index in [2.05, 4.69) is 51.1 Å². The van der Waals surface area contributed by atoms with Gasteiger partial charge < -0.3 is 13.9 Å². The van der Waals surface area contributed by atoms with Crippen LogP contribution in [0.1, 0.15) is 79.7 Å². The van der Waals surface area contributed by atoms with Gasteiger partial charge in [0.05, 0.1) is 6.61 Å². The number of rotatable bonds is 21. The van der Waals surface area contributed by atoms with E-state index in [0.29, 0.717) is 5.56 Å². The molecule has 0 bridgehead atoms. The minimum absolute atomic E-state index is 0.0555. The summed E-state index contributed by atoms with van der Waals surface area (Å²) in [4.78, 5) is 67.9. The fourth-order valence-electron chi connectivity index (χ4n) is 9.99. The number of nitrogens with zero attached hydrogens (tertiary/aromatic N) is 2. The molecule has 4 saturated heterocycles. The van der Waals surface area contributed by atoms with Gasteiger partial charge in [-0.1, -0.05) is 69.3 Å². The van der Waals surface area contributed by atoms with Crippen molar-refractivity contribution in [1.82, 2.24) is 19.8 Å². The number of aromatic nitrogens is 2. The molecule has 14 atom stereocenters. The Morgan fingerprint density at radius 3 is 2.03 bits per heavy atom. The molecule has 4 fully saturated rings. The number of alkyl carbamates (subject to hydrolysis) is 1. The van der Waals surface area contributed by atoms with E-state index in [9.17, 15) is 34.2 Å². The van der Waals surface area contributed by atoms with Crippen molar-refractivity contribution < 1.29 is 85.2 Å². The number of carbonyl (C=O) groups excluding carboxylic acids is 3. The summed E-state index contributed by atoms with van der Waals surface area (Å²) in [5, 5.41) is 28.3. The number of amides is 2. The Hall–Kier alpha value is -5.44. The number of aliphatic hydroxyl groups excluding tert-OH is 2. The molecule has 4 aliphatic rings. The second kappa shape index (κ2) is 28.4. The van der Waals surface area contributed by atoms with Crippen molar-refractivity contribution in [2.24, 2.45) is 0 Å². The van der Waals surface area contributed by atoms with Crippen LogP contribution >= 0.6 is 0 Å². The van der Waals surface area contributed by atoms with E-state index < -0.39 is 157 Å². The monoisotopic (exact) mass is 1330 g/mol. The number of benzene rings is 3. The topological polar surface area (TPSA) is 280 Å². The first-order valence-electron chi connectivity index (χ1n) is 29.1. The molecule has 27 heteroatoms. The maximum atomic E-state index is 14.4. The molecule has 2 amide bonds. The van der Waals surface area contributed by atoms with E-state index in [-0.39, 0.29) is 42.0 Å². The summed E-state index contributed by atoms with van der Waals surface area (Å²) >= 11 is -0.734. The maximum absolute atomic E-state index is 14.4. The van der Waals surface area contributed by atoms with Crippen LogP contribution in [0.5, 0.6) is 0 Å². The predicted molar refractivity (Wildman–Crippen MR) is 324 cm³/mol. The number of hydrogen-bond donors (Lipinski definition) is 4. The number of nitrogens with one attached hydrogen (secondary N) is 2. The van der Waals surface area contributed by atoms with Gasteiger partial charge in [0.2, 0.25) is 5.91 Å². The first-order valence-corrected chi connectivity index (χ1v) is 36.7. The van der Waals surface area contributed by atoms with Gasteiger partial charge in [0.25, 0.3) is 0 Å². The fourth-order valence-corrected chi connectivity index (χ4v) is 16.7. The van der Waals surface area contributed by atoms with E-state index in [0.717, 1.165) is 26.9 Å². The Balaban J connectivity index is 1.15. The zero-order valence-corrected chi connectivity index (χ0v) is 55.7. The van der Waals surface area contributed by atoms with Crippen molar-refractivity contribution in [2.45, 2.75) is 203 Å². The van der Waals surface area contributed by atoms with E-state index in [4.69, 9.17) is 60.6 Å². The van der Waals surface area contributed by atoms with E-state index >= 15 is 0 Å². The summed E-state index contributed by atoms with van der Waals surface area (Å²) in [7, 11) is -6.45. The van der Waals surface area contributed by atoms with Crippen molar-refractivity contribution in [3.63, 3.8) is 0 Å². The van der Waals surface area contributed by atoms with Crippen LogP contribution in [-0.4, -0.2) is 173 Å². The molecule has 0 radical (unpaired) electrons. The van der Waals surface area contributed by atoms with Gasteiger partial charge in [0, 0.05) is 6.92 Å². The Morgan fingerprint density at radius 1 is 0.807 bits per heavy atom.